The first-order chi connectivity index (χ1) is 9.60. The van der Waals surface area contributed by atoms with Crippen molar-refractivity contribution >= 4 is 21.7 Å². The van der Waals surface area contributed by atoms with Crippen LogP contribution in [-0.4, -0.2) is 27.2 Å². The van der Waals surface area contributed by atoms with E-state index in [1.54, 1.807) is 19.9 Å². The molecule has 21 heavy (non-hydrogen) atoms. The molecule has 1 aromatic carbocycles. The zero-order valence-electron chi connectivity index (χ0n) is 12.6. The van der Waals surface area contributed by atoms with Gasteiger partial charge >= 0.3 is 0 Å². The third kappa shape index (κ3) is 3.98. The zero-order valence-corrected chi connectivity index (χ0v) is 14.2. The van der Waals surface area contributed by atoms with Crippen LogP contribution in [0.15, 0.2) is 16.6 Å². The Balaban J connectivity index is 2.15. The molecule has 0 unspecified atom stereocenters. The van der Waals surface area contributed by atoms with E-state index in [1.807, 2.05) is 6.92 Å². The molecule has 0 bridgehead atoms. The monoisotopic (exact) mass is 356 g/mol. The molecule has 0 aromatic heterocycles. The van der Waals surface area contributed by atoms with E-state index >= 15 is 0 Å². The molecule has 1 aromatic rings. The van der Waals surface area contributed by atoms with E-state index in [1.165, 1.54) is 6.07 Å². The van der Waals surface area contributed by atoms with E-state index < -0.39 is 11.2 Å². The fraction of sp³-hybridized carbons (Fsp3) is 0.562. The molecule has 1 aliphatic heterocycles. The smallest absolute Gasteiger partial charge is 0.170 e. The van der Waals surface area contributed by atoms with Crippen molar-refractivity contribution in [3.63, 3.8) is 0 Å². The number of phenolic OH excluding ortho intramolecular Hbond substituents is 1. The summed E-state index contributed by atoms with van der Waals surface area (Å²) in [6.45, 7) is 5.47. The number of phenols is 1. The van der Waals surface area contributed by atoms with Crippen LogP contribution in [0.5, 0.6) is 11.5 Å². The number of aromatic hydroxyl groups is 1. The number of rotatable bonds is 4. The van der Waals surface area contributed by atoms with Gasteiger partial charge in [-0.3, -0.25) is 4.79 Å². The van der Waals surface area contributed by atoms with Crippen molar-refractivity contribution in [1.29, 1.82) is 0 Å². The Morgan fingerprint density at radius 2 is 2.10 bits per heavy atom. The molecule has 0 aliphatic carbocycles. The number of fused-ring (bicyclic) bond motifs is 1. The lowest BCUT2D eigenvalue weighted by atomic mass is 9.86. The predicted octanol–water partition coefficient (Wildman–Crippen LogP) is 3.82. The predicted molar refractivity (Wildman–Crippen MR) is 83.9 cm³/mol. The van der Waals surface area contributed by atoms with Crippen molar-refractivity contribution in [2.45, 2.75) is 57.7 Å². The van der Waals surface area contributed by atoms with E-state index in [2.05, 4.69) is 15.9 Å². The van der Waals surface area contributed by atoms with Gasteiger partial charge in [0.1, 0.15) is 17.1 Å². The number of carbonyl (C=O) groups excluding carboxylic acids is 1. The van der Waals surface area contributed by atoms with E-state index in [0.717, 1.165) is 6.42 Å². The molecule has 2 N–H and O–H groups in total. The van der Waals surface area contributed by atoms with Gasteiger partial charge < -0.3 is 14.9 Å². The maximum absolute atomic E-state index is 12.3. The Labute approximate surface area is 133 Å². The van der Waals surface area contributed by atoms with Crippen molar-refractivity contribution in [2.24, 2.45) is 0 Å². The highest BCUT2D eigenvalue weighted by Crippen LogP contribution is 2.40. The average molecular weight is 357 g/mol. The van der Waals surface area contributed by atoms with Crippen molar-refractivity contribution in [1.82, 2.24) is 0 Å². The first-order valence-electron chi connectivity index (χ1n) is 7.07. The fourth-order valence-corrected chi connectivity index (χ4v) is 2.94. The lowest BCUT2D eigenvalue weighted by Gasteiger charge is -2.35. The lowest BCUT2D eigenvalue weighted by Crippen LogP contribution is -2.39. The van der Waals surface area contributed by atoms with Gasteiger partial charge in [0.25, 0.3) is 0 Å². The Hall–Kier alpha value is -1.07. The van der Waals surface area contributed by atoms with Crippen LogP contribution in [0, 0.1) is 0 Å². The summed E-state index contributed by atoms with van der Waals surface area (Å²) < 4.78 is 6.51. The number of Topliss-reactive ketones (excluding diaryl/α,β-unsaturated/α-hetero) is 1. The maximum Gasteiger partial charge on any atom is 0.170 e. The molecule has 1 aliphatic rings. The van der Waals surface area contributed by atoms with Crippen LogP contribution in [0.4, 0.5) is 0 Å². The van der Waals surface area contributed by atoms with Crippen LogP contribution in [0.25, 0.3) is 0 Å². The molecule has 0 amide bonds. The molecule has 1 atom stereocenters. The summed E-state index contributed by atoms with van der Waals surface area (Å²) in [7, 11) is 0. The molecule has 5 heteroatoms. The van der Waals surface area contributed by atoms with Gasteiger partial charge in [0.15, 0.2) is 5.78 Å². The largest absolute Gasteiger partial charge is 0.507 e. The Kier molecular flexibility index (Phi) is 4.36. The topological polar surface area (TPSA) is 66.8 Å². The van der Waals surface area contributed by atoms with Gasteiger partial charge in [-0.25, -0.2) is 0 Å². The quantitative estimate of drug-likeness (QED) is 0.860. The van der Waals surface area contributed by atoms with Gasteiger partial charge in [-0.1, -0.05) is 0 Å². The second-order valence-electron chi connectivity index (χ2n) is 6.62. The van der Waals surface area contributed by atoms with Crippen LogP contribution in [0.1, 0.15) is 56.8 Å². The van der Waals surface area contributed by atoms with E-state index in [0.29, 0.717) is 28.6 Å². The minimum absolute atomic E-state index is 0.0233. The second-order valence-corrected chi connectivity index (χ2v) is 7.47. The van der Waals surface area contributed by atoms with Crippen LogP contribution < -0.4 is 4.74 Å². The summed E-state index contributed by atoms with van der Waals surface area (Å²) in [5.74, 6) is 0.517. The number of aliphatic hydroxyl groups is 1. The van der Waals surface area contributed by atoms with Crippen molar-refractivity contribution < 1.29 is 19.7 Å². The first kappa shape index (κ1) is 16.3. The number of ether oxygens (including phenoxy) is 1. The molecule has 0 fully saturated rings. The van der Waals surface area contributed by atoms with Crippen molar-refractivity contribution in [2.75, 3.05) is 0 Å². The van der Waals surface area contributed by atoms with Crippen LogP contribution in [0.3, 0.4) is 0 Å². The van der Waals surface area contributed by atoms with Crippen LogP contribution in [0.2, 0.25) is 0 Å². The Morgan fingerprint density at radius 1 is 1.43 bits per heavy atom. The standard InChI is InChI=1S/C16H21BrO4/c1-15(2,20)5-4-6-16(3)9-13(19)10-7-12(18)11(17)8-14(10)21-16/h7-8,18,20H,4-6,9H2,1-3H3/t16-/m0/s1. The number of hydrogen-bond donors (Lipinski definition) is 2. The third-order valence-corrected chi connectivity index (χ3v) is 4.37. The summed E-state index contributed by atoms with van der Waals surface area (Å²) in [6, 6.07) is 3.08. The molecular formula is C16H21BrO4. The molecule has 0 radical (unpaired) electrons. The highest BCUT2D eigenvalue weighted by Gasteiger charge is 2.37. The highest BCUT2D eigenvalue weighted by atomic mass is 79.9. The van der Waals surface area contributed by atoms with Gasteiger partial charge in [0.2, 0.25) is 0 Å². The first-order valence-corrected chi connectivity index (χ1v) is 7.86. The second kappa shape index (κ2) is 5.61. The van der Waals surface area contributed by atoms with Crippen molar-refractivity contribution in [3.8, 4) is 11.5 Å². The normalized spacial score (nSPS) is 21.9. The molecule has 0 saturated heterocycles. The fourth-order valence-electron chi connectivity index (χ4n) is 2.62. The highest BCUT2D eigenvalue weighted by molar-refractivity contribution is 9.10. The number of benzene rings is 1. The lowest BCUT2D eigenvalue weighted by molar-refractivity contribution is 0.0325. The molecular weight excluding hydrogens is 336 g/mol. The zero-order chi connectivity index (χ0) is 15.8. The Morgan fingerprint density at radius 3 is 2.71 bits per heavy atom. The molecule has 0 spiro atoms. The van der Waals surface area contributed by atoms with Gasteiger partial charge in [-0.2, -0.15) is 0 Å². The van der Waals surface area contributed by atoms with Crippen molar-refractivity contribution in [3.05, 3.63) is 22.2 Å². The average Bonchev–Trinajstić information content (AvgIpc) is 2.30. The van der Waals surface area contributed by atoms with Gasteiger partial charge in [-0.05, 0) is 68.1 Å². The summed E-state index contributed by atoms with van der Waals surface area (Å²) in [5.41, 5.74) is -0.844. The number of halogens is 1. The van der Waals surface area contributed by atoms with Gasteiger partial charge in [0.05, 0.1) is 22.1 Å². The molecule has 2 rings (SSSR count). The SMILES string of the molecule is CC(C)(O)CCC[C@@]1(C)CC(=O)c2cc(O)c(Br)cc2O1. The van der Waals surface area contributed by atoms with Gasteiger partial charge in [-0.15, -0.1) is 0 Å². The van der Waals surface area contributed by atoms with Crippen LogP contribution >= 0.6 is 15.9 Å². The summed E-state index contributed by atoms with van der Waals surface area (Å²) in [6.07, 6.45) is 2.42. The van der Waals surface area contributed by atoms with E-state index in [4.69, 9.17) is 4.74 Å². The minimum atomic E-state index is -0.707. The number of hydrogen-bond acceptors (Lipinski definition) is 4. The number of ketones is 1. The third-order valence-electron chi connectivity index (χ3n) is 3.73. The summed E-state index contributed by atoms with van der Waals surface area (Å²) in [5, 5.41) is 19.4. The molecule has 116 valence electrons. The van der Waals surface area contributed by atoms with Crippen LogP contribution in [-0.2, 0) is 0 Å². The summed E-state index contributed by atoms with van der Waals surface area (Å²) in [4.78, 5) is 12.3. The van der Waals surface area contributed by atoms with Gasteiger partial charge in [0, 0.05) is 0 Å². The molecule has 1 heterocycles. The summed E-state index contributed by atoms with van der Waals surface area (Å²) >= 11 is 3.24. The molecule has 0 saturated carbocycles. The maximum atomic E-state index is 12.3. The minimum Gasteiger partial charge on any atom is -0.507 e. The molecule has 4 nitrogen and oxygen atoms in total. The number of carbonyl (C=O) groups is 1. The van der Waals surface area contributed by atoms with E-state index in [-0.39, 0.29) is 18.0 Å². The Bertz CT molecular complexity index is 562. The van der Waals surface area contributed by atoms with E-state index in [9.17, 15) is 15.0 Å².